The van der Waals surface area contributed by atoms with Crippen LogP contribution < -0.4 is 5.32 Å². The molecule has 0 saturated carbocycles. The maximum atomic E-state index is 13.0. The van der Waals surface area contributed by atoms with E-state index in [0.29, 0.717) is 43.3 Å². The van der Waals surface area contributed by atoms with Crippen LogP contribution in [0.5, 0.6) is 0 Å². The number of nitriles is 1. The lowest BCUT2D eigenvalue weighted by Gasteiger charge is -2.39. The fourth-order valence-electron chi connectivity index (χ4n) is 4.10. The number of nitrogens with zero attached hydrogens (tertiary/aromatic N) is 5. The molecule has 4 rings (SSSR count). The molecular formula is C25H25F3N6O2. The van der Waals surface area contributed by atoms with Gasteiger partial charge in [-0.05, 0) is 44.2 Å². The number of carbonyl (C=O) groups excluding carboxylic acids is 1. The number of amides is 1. The molecule has 0 aliphatic carbocycles. The summed E-state index contributed by atoms with van der Waals surface area (Å²) in [5.74, 6) is 0.264. The molecule has 0 bridgehead atoms. The fraction of sp³-hybridized carbons (Fsp3) is 0.360. The summed E-state index contributed by atoms with van der Waals surface area (Å²) in [7, 11) is 0. The minimum atomic E-state index is -4.45. The SMILES string of the molecule is CC(C(=O)Nc1cccc(C#N)c1)N1CCN(C(C)c2nc(-c3cccc(C(F)(F)F)c3)no2)CC1. The number of piperazine rings is 1. The second-order valence-electron chi connectivity index (χ2n) is 8.64. The molecular weight excluding hydrogens is 473 g/mol. The van der Waals surface area contributed by atoms with Crippen molar-refractivity contribution in [2.75, 3.05) is 31.5 Å². The van der Waals surface area contributed by atoms with E-state index in [0.717, 1.165) is 12.1 Å². The summed E-state index contributed by atoms with van der Waals surface area (Å²) in [5.41, 5.74) is 0.509. The Morgan fingerprint density at radius 3 is 2.47 bits per heavy atom. The predicted octanol–water partition coefficient (Wildman–Crippen LogP) is 4.33. The second kappa shape index (κ2) is 10.5. The quantitative estimate of drug-likeness (QED) is 0.540. The Labute approximate surface area is 206 Å². The van der Waals surface area contributed by atoms with Gasteiger partial charge in [-0.15, -0.1) is 0 Å². The van der Waals surface area contributed by atoms with Gasteiger partial charge in [-0.1, -0.05) is 23.4 Å². The van der Waals surface area contributed by atoms with Crippen LogP contribution in [0, 0.1) is 11.3 Å². The van der Waals surface area contributed by atoms with Gasteiger partial charge in [0.2, 0.25) is 17.6 Å². The van der Waals surface area contributed by atoms with Gasteiger partial charge in [0, 0.05) is 37.4 Å². The normalized spacial score (nSPS) is 16.8. The minimum Gasteiger partial charge on any atom is -0.337 e. The summed E-state index contributed by atoms with van der Waals surface area (Å²) < 4.78 is 44.5. The average Bonchev–Trinajstić information content (AvgIpc) is 3.38. The molecule has 1 saturated heterocycles. The number of nitrogens with one attached hydrogen (secondary N) is 1. The first-order valence-corrected chi connectivity index (χ1v) is 11.5. The standard InChI is InChI=1S/C25H25F3N6O2/c1-16(23(35)30-21-8-3-5-18(13-21)15-29)33-9-11-34(12-10-33)17(2)24-31-22(32-36-24)19-6-4-7-20(14-19)25(26,27)28/h3-8,13-14,16-17H,9-12H2,1-2H3,(H,30,35). The number of benzene rings is 2. The van der Waals surface area contributed by atoms with E-state index in [1.807, 2.05) is 13.8 Å². The molecule has 1 aromatic heterocycles. The van der Waals surface area contributed by atoms with Crippen molar-refractivity contribution in [3.05, 3.63) is 65.5 Å². The summed E-state index contributed by atoms with van der Waals surface area (Å²) in [6.07, 6.45) is -4.45. The summed E-state index contributed by atoms with van der Waals surface area (Å²) in [5, 5.41) is 15.8. The zero-order chi connectivity index (χ0) is 25.9. The highest BCUT2D eigenvalue weighted by Crippen LogP contribution is 2.32. The number of hydrogen-bond acceptors (Lipinski definition) is 7. The Morgan fingerprint density at radius 2 is 1.78 bits per heavy atom. The average molecular weight is 499 g/mol. The minimum absolute atomic E-state index is 0.104. The van der Waals surface area contributed by atoms with E-state index >= 15 is 0 Å². The largest absolute Gasteiger partial charge is 0.416 e. The lowest BCUT2D eigenvalue weighted by molar-refractivity contribution is -0.137. The number of aromatic nitrogens is 2. The van der Waals surface area contributed by atoms with Crippen molar-refractivity contribution in [2.45, 2.75) is 32.1 Å². The summed E-state index contributed by atoms with van der Waals surface area (Å²) >= 11 is 0. The predicted molar refractivity (Wildman–Crippen MR) is 126 cm³/mol. The van der Waals surface area contributed by atoms with Crippen LogP contribution in [0.4, 0.5) is 18.9 Å². The number of alkyl halides is 3. The molecule has 2 atom stereocenters. The second-order valence-corrected chi connectivity index (χ2v) is 8.64. The van der Waals surface area contributed by atoms with Gasteiger partial charge in [-0.2, -0.15) is 23.4 Å². The third-order valence-corrected chi connectivity index (χ3v) is 6.33. The Hall–Kier alpha value is -3.75. The first-order chi connectivity index (χ1) is 17.2. The highest BCUT2D eigenvalue weighted by molar-refractivity contribution is 5.94. The molecule has 1 aliphatic rings. The zero-order valence-corrected chi connectivity index (χ0v) is 19.8. The topological polar surface area (TPSA) is 98.3 Å². The molecule has 2 unspecified atom stereocenters. The van der Waals surface area contributed by atoms with Crippen molar-refractivity contribution in [1.82, 2.24) is 19.9 Å². The summed E-state index contributed by atoms with van der Waals surface area (Å²) in [6.45, 7) is 6.28. The number of rotatable bonds is 6. The lowest BCUT2D eigenvalue weighted by Crippen LogP contribution is -2.53. The number of hydrogen-bond donors (Lipinski definition) is 1. The molecule has 1 fully saturated rings. The molecule has 11 heteroatoms. The van der Waals surface area contributed by atoms with E-state index in [1.165, 1.54) is 12.1 Å². The number of halogens is 3. The van der Waals surface area contributed by atoms with Crippen LogP contribution in [0.25, 0.3) is 11.4 Å². The fourth-order valence-corrected chi connectivity index (χ4v) is 4.10. The third-order valence-electron chi connectivity index (χ3n) is 6.33. The maximum absolute atomic E-state index is 13.0. The maximum Gasteiger partial charge on any atom is 0.416 e. The Balaban J connectivity index is 1.34. The summed E-state index contributed by atoms with van der Waals surface area (Å²) in [4.78, 5) is 21.2. The van der Waals surface area contributed by atoms with Gasteiger partial charge in [-0.25, -0.2) is 0 Å². The van der Waals surface area contributed by atoms with E-state index in [1.54, 1.807) is 24.3 Å². The monoisotopic (exact) mass is 498 g/mol. The third kappa shape index (κ3) is 5.72. The zero-order valence-electron chi connectivity index (χ0n) is 19.8. The van der Waals surface area contributed by atoms with Gasteiger partial charge in [0.1, 0.15) is 0 Å². The molecule has 1 aliphatic heterocycles. The molecule has 1 N–H and O–H groups in total. The van der Waals surface area contributed by atoms with Crippen molar-refractivity contribution >= 4 is 11.6 Å². The Kier molecular flexibility index (Phi) is 7.37. The molecule has 2 aromatic carbocycles. The highest BCUT2D eigenvalue weighted by Gasteiger charge is 2.32. The van der Waals surface area contributed by atoms with Crippen LogP contribution in [0.2, 0.25) is 0 Å². The first-order valence-electron chi connectivity index (χ1n) is 11.5. The van der Waals surface area contributed by atoms with Gasteiger partial charge < -0.3 is 9.84 Å². The number of carbonyl (C=O) groups is 1. The van der Waals surface area contributed by atoms with Gasteiger partial charge in [0.25, 0.3) is 0 Å². The highest BCUT2D eigenvalue weighted by atomic mass is 19.4. The van der Waals surface area contributed by atoms with E-state index in [2.05, 4.69) is 31.3 Å². The lowest BCUT2D eigenvalue weighted by atomic mass is 10.1. The van der Waals surface area contributed by atoms with E-state index in [4.69, 9.17) is 9.78 Å². The molecule has 0 radical (unpaired) electrons. The molecule has 8 nitrogen and oxygen atoms in total. The Morgan fingerprint density at radius 1 is 1.08 bits per heavy atom. The van der Waals surface area contributed by atoms with Crippen molar-refractivity contribution in [2.24, 2.45) is 0 Å². The van der Waals surface area contributed by atoms with Gasteiger partial charge >= 0.3 is 6.18 Å². The van der Waals surface area contributed by atoms with Gasteiger partial charge in [0.05, 0.1) is 29.3 Å². The van der Waals surface area contributed by atoms with Crippen LogP contribution in [0.1, 0.15) is 36.9 Å². The van der Waals surface area contributed by atoms with Crippen LogP contribution in [0.3, 0.4) is 0 Å². The van der Waals surface area contributed by atoms with Crippen molar-refractivity contribution in [1.29, 1.82) is 5.26 Å². The van der Waals surface area contributed by atoms with E-state index < -0.39 is 11.7 Å². The van der Waals surface area contributed by atoms with Crippen LogP contribution >= 0.6 is 0 Å². The molecule has 2 heterocycles. The summed E-state index contributed by atoms with van der Waals surface area (Å²) in [6, 6.07) is 13.0. The van der Waals surface area contributed by atoms with E-state index in [9.17, 15) is 18.0 Å². The first kappa shape index (κ1) is 25.3. The Bertz CT molecular complexity index is 1260. The van der Waals surface area contributed by atoms with Crippen molar-refractivity contribution in [3.8, 4) is 17.5 Å². The molecule has 188 valence electrons. The number of anilines is 1. The smallest absolute Gasteiger partial charge is 0.337 e. The van der Waals surface area contributed by atoms with Gasteiger partial charge in [0.15, 0.2) is 0 Å². The van der Waals surface area contributed by atoms with E-state index in [-0.39, 0.29) is 29.4 Å². The van der Waals surface area contributed by atoms with Crippen LogP contribution in [0.15, 0.2) is 53.1 Å². The van der Waals surface area contributed by atoms with Gasteiger partial charge in [-0.3, -0.25) is 14.6 Å². The molecule has 0 spiro atoms. The van der Waals surface area contributed by atoms with Crippen molar-refractivity contribution in [3.63, 3.8) is 0 Å². The van der Waals surface area contributed by atoms with Crippen molar-refractivity contribution < 1.29 is 22.5 Å². The molecule has 36 heavy (non-hydrogen) atoms. The van der Waals surface area contributed by atoms with Crippen LogP contribution in [-0.2, 0) is 11.0 Å². The molecule has 1 amide bonds. The van der Waals surface area contributed by atoms with Crippen LogP contribution in [-0.4, -0.2) is 58.1 Å². The molecule has 3 aromatic rings.